The number of carbonyl (C=O) groups excluding carboxylic acids is 2. The smallest absolute Gasteiger partial charge is 0.334 e. The van der Waals surface area contributed by atoms with Crippen LogP contribution < -0.4 is 0 Å². The molecule has 0 aromatic carbocycles. The molecule has 0 amide bonds. The normalized spacial score (nSPS) is 41.2. The Morgan fingerprint density at radius 2 is 2.29 bits per heavy atom. The molecule has 0 unspecified atom stereocenters. The van der Waals surface area contributed by atoms with Gasteiger partial charge in [-0.15, -0.1) is 0 Å². The molecule has 0 bridgehead atoms. The number of carbonyl (C=O) groups is 2. The van der Waals surface area contributed by atoms with Gasteiger partial charge < -0.3 is 14.2 Å². The van der Waals surface area contributed by atoms with Gasteiger partial charge in [-0.05, 0) is 32.6 Å². The van der Waals surface area contributed by atoms with Crippen LogP contribution in [0.25, 0.3) is 0 Å². The molecule has 4 atom stereocenters. The second kappa shape index (κ2) is 4.98. The lowest BCUT2D eigenvalue weighted by molar-refractivity contribution is -0.140. The molecule has 2 saturated heterocycles. The highest BCUT2D eigenvalue weighted by atomic mass is 16.6. The molecule has 0 aromatic rings. The fraction of sp³-hybridized carbons (Fsp3) is 0.625. The van der Waals surface area contributed by atoms with Gasteiger partial charge in [-0.1, -0.05) is 12.7 Å². The van der Waals surface area contributed by atoms with E-state index in [0.717, 1.165) is 12.8 Å². The molecule has 0 aromatic heterocycles. The van der Waals surface area contributed by atoms with E-state index in [4.69, 9.17) is 14.2 Å². The standard InChI is InChI=1S/C16H20O5/c1-9-11-7-6-10(15(18)19-3)5-4-8-16(2)13(21-16)12(11)20-14(9)17/h5,11-13H,1,4,6-8H2,2-3H3/b10-5+/t11-,12-,13-,16+/m0/s1. The van der Waals surface area contributed by atoms with Crippen LogP contribution in [0.3, 0.4) is 0 Å². The van der Waals surface area contributed by atoms with E-state index in [1.54, 1.807) is 0 Å². The molecule has 5 heteroatoms. The van der Waals surface area contributed by atoms with E-state index in [1.807, 2.05) is 13.0 Å². The second-order valence-electron chi connectivity index (χ2n) is 6.15. The van der Waals surface area contributed by atoms with Gasteiger partial charge in [0.2, 0.25) is 0 Å². The molecule has 3 rings (SSSR count). The number of hydrogen-bond acceptors (Lipinski definition) is 5. The minimum atomic E-state index is -0.342. The largest absolute Gasteiger partial charge is 0.466 e. The van der Waals surface area contributed by atoms with Gasteiger partial charge in [0.1, 0.15) is 12.2 Å². The first-order valence-electron chi connectivity index (χ1n) is 7.31. The molecule has 0 radical (unpaired) electrons. The first-order valence-corrected chi connectivity index (χ1v) is 7.31. The number of ether oxygens (including phenoxy) is 3. The summed E-state index contributed by atoms with van der Waals surface area (Å²) in [5.41, 5.74) is 0.872. The predicted octanol–water partition coefficient (Wildman–Crippen LogP) is 1.92. The van der Waals surface area contributed by atoms with Crippen molar-refractivity contribution >= 4 is 11.9 Å². The fourth-order valence-corrected chi connectivity index (χ4v) is 3.38. The number of epoxide rings is 1. The third kappa shape index (κ3) is 2.39. The molecule has 2 fully saturated rings. The van der Waals surface area contributed by atoms with Crippen LogP contribution in [0.5, 0.6) is 0 Å². The van der Waals surface area contributed by atoms with E-state index in [2.05, 4.69) is 6.58 Å². The van der Waals surface area contributed by atoms with Gasteiger partial charge >= 0.3 is 11.9 Å². The Bertz CT molecular complexity index is 535. The molecule has 2 aliphatic heterocycles. The number of hydrogen-bond donors (Lipinski definition) is 0. The Kier molecular flexibility index (Phi) is 3.40. The van der Waals surface area contributed by atoms with Crippen LogP contribution in [-0.2, 0) is 23.8 Å². The second-order valence-corrected chi connectivity index (χ2v) is 6.15. The van der Waals surface area contributed by atoms with Crippen molar-refractivity contribution in [3.8, 4) is 0 Å². The first-order chi connectivity index (χ1) is 9.96. The lowest BCUT2D eigenvalue weighted by Gasteiger charge is -2.19. The van der Waals surface area contributed by atoms with Gasteiger partial charge in [-0.3, -0.25) is 0 Å². The Balaban J connectivity index is 1.86. The Morgan fingerprint density at radius 3 is 3.00 bits per heavy atom. The maximum Gasteiger partial charge on any atom is 0.334 e. The van der Waals surface area contributed by atoms with Crippen molar-refractivity contribution < 1.29 is 23.8 Å². The monoisotopic (exact) mass is 292 g/mol. The predicted molar refractivity (Wildman–Crippen MR) is 74.4 cm³/mol. The number of esters is 2. The molecule has 0 N–H and O–H groups in total. The summed E-state index contributed by atoms with van der Waals surface area (Å²) >= 11 is 0. The van der Waals surface area contributed by atoms with Crippen LogP contribution in [0.1, 0.15) is 32.6 Å². The zero-order chi connectivity index (χ0) is 15.2. The zero-order valence-electron chi connectivity index (χ0n) is 12.4. The molecule has 21 heavy (non-hydrogen) atoms. The lowest BCUT2D eigenvalue weighted by atomic mass is 9.84. The van der Waals surface area contributed by atoms with Crippen LogP contribution in [-0.4, -0.2) is 36.9 Å². The SMILES string of the molecule is C=C1C(=O)O[C@H]2[C@H]1CC/C(C(=O)OC)=C\CC[C@@]1(C)O[C@@H]21. The van der Waals surface area contributed by atoms with Crippen LogP contribution >= 0.6 is 0 Å². The van der Waals surface area contributed by atoms with Crippen LogP contribution in [0, 0.1) is 5.92 Å². The quantitative estimate of drug-likeness (QED) is 0.419. The third-order valence-electron chi connectivity index (χ3n) is 4.79. The summed E-state index contributed by atoms with van der Waals surface area (Å²) < 4.78 is 16.1. The zero-order valence-corrected chi connectivity index (χ0v) is 12.4. The Labute approximate surface area is 123 Å². The third-order valence-corrected chi connectivity index (χ3v) is 4.79. The molecule has 5 nitrogen and oxygen atoms in total. The molecule has 0 spiro atoms. The van der Waals surface area contributed by atoms with Gasteiger partial charge in [0.15, 0.2) is 0 Å². The molecule has 0 saturated carbocycles. The topological polar surface area (TPSA) is 65.1 Å². The number of rotatable bonds is 1. The minimum absolute atomic E-state index is 0.0567. The molecule has 114 valence electrons. The highest BCUT2D eigenvalue weighted by Crippen LogP contribution is 2.49. The van der Waals surface area contributed by atoms with Crippen LogP contribution in [0.2, 0.25) is 0 Å². The van der Waals surface area contributed by atoms with Gasteiger partial charge in [0, 0.05) is 17.1 Å². The maximum atomic E-state index is 11.8. The maximum absolute atomic E-state index is 11.8. The van der Waals surface area contributed by atoms with E-state index in [1.165, 1.54) is 7.11 Å². The van der Waals surface area contributed by atoms with Crippen molar-refractivity contribution in [2.75, 3.05) is 7.11 Å². The highest BCUT2D eigenvalue weighted by molar-refractivity contribution is 5.91. The average Bonchev–Trinajstić information content (AvgIpc) is 3.05. The van der Waals surface area contributed by atoms with E-state index in [-0.39, 0.29) is 35.7 Å². The number of methoxy groups -OCH3 is 1. The summed E-state index contributed by atoms with van der Waals surface area (Å²) in [6.07, 6.45) is 4.36. The van der Waals surface area contributed by atoms with E-state index in [9.17, 15) is 9.59 Å². The summed E-state index contributed by atoms with van der Waals surface area (Å²) in [4.78, 5) is 23.6. The first kappa shape index (κ1) is 14.3. The summed E-state index contributed by atoms with van der Waals surface area (Å²) in [7, 11) is 1.38. The minimum Gasteiger partial charge on any atom is -0.466 e. The van der Waals surface area contributed by atoms with E-state index < -0.39 is 0 Å². The summed E-state index contributed by atoms with van der Waals surface area (Å²) in [5.74, 6) is -0.734. The molecular weight excluding hydrogens is 272 g/mol. The summed E-state index contributed by atoms with van der Waals surface area (Å²) in [5, 5.41) is 0. The number of allylic oxidation sites excluding steroid dienone is 1. The number of fused-ring (bicyclic) bond motifs is 3. The fourth-order valence-electron chi connectivity index (χ4n) is 3.38. The van der Waals surface area contributed by atoms with Crippen molar-refractivity contribution in [1.29, 1.82) is 0 Å². The summed E-state index contributed by atoms with van der Waals surface area (Å²) in [6, 6.07) is 0. The highest BCUT2D eigenvalue weighted by Gasteiger charge is 2.61. The van der Waals surface area contributed by atoms with Gasteiger partial charge in [-0.2, -0.15) is 0 Å². The Morgan fingerprint density at radius 1 is 1.52 bits per heavy atom. The average molecular weight is 292 g/mol. The van der Waals surface area contributed by atoms with Crippen molar-refractivity contribution in [1.82, 2.24) is 0 Å². The molecule has 3 aliphatic rings. The van der Waals surface area contributed by atoms with Crippen molar-refractivity contribution in [3.05, 3.63) is 23.8 Å². The van der Waals surface area contributed by atoms with Gasteiger partial charge in [0.05, 0.1) is 12.7 Å². The molecule has 1 aliphatic carbocycles. The van der Waals surface area contributed by atoms with E-state index in [0.29, 0.717) is 24.0 Å². The van der Waals surface area contributed by atoms with Gasteiger partial charge in [0.25, 0.3) is 0 Å². The summed E-state index contributed by atoms with van der Waals surface area (Å²) in [6.45, 7) is 5.87. The van der Waals surface area contributed by atoms with Crippen molar-refractivity contribution in [2.45, 2.75) is 50.4 Å². The lowest BCUT2D eigenvalue weighted by Crippen LogP contribution is -2.29. The van der Waals surface area contributed by atoms with Crippen LogP contribution in [0.4, 0.5) is 0 Å². The van der Waals surface area contributed by atoms with Crippen LogP contribution in [0.15, 0.2) is 23.8 Å². The van der Waals surface area contributed by atoms with E-state index >= 15 is 0 Å². The van der Waals surface area contributed by atoms with Crippen molar-refractivity contribution in [2.24, 2.45) is 5.92 Å². The molecular formula is C16H20O5. The molecule has 2 heterocycles. The Hall–Kier alpha value is -1.62. The van der Waals surface area contributed by atoms with Gasteiger partial charge in [-0.25, -0.2) is 9.59 Å². The van der Waals surface area contributed by atoms with Crippen molar-refractivity contribution in [3.63, 3.8) is 0 Å².